The van der Waals surface area contributed by atoms with E-state index in [1.165, 1.54) is 16.9 Å². The van der Waals surface area contributed by atoms with Gasteiger partial charge in [-0.3, -0.25) is 19.5 Å². The lowest BCUT2D eigenvalue weighted by Gasteiger charge is -2.41. The lowest BCUT2D eigenvalue weighted by atomic mass is 10.1. The van der Waals surface area contributed by atoms with Gasteiger partial charge in [-0.15, -0.1) is 11.3 Å². The van der Waals surface area contributed by atoms with Crippen molar-refractivity contribution < 1.29 is 4.79 Å². The lowest BCUT2D eigenvalue weighted by Crippen LogP contribution is -2.55. The summed E-state index contributed by atoms with van der Waals surface area (Å²) in [6.45, 7) is 5.96. The van der Waals surface area contributed by atoms with Crippen molar-refractivity contribution in [2.45, 2.75) is 24.9 Å². The molecule has 1 saturated carbocycles. The molecular weight excluding hydrogens is 404 g/mol. The topological polar surface area (TPSA) is 39.7 Å². The molecule has 6 heteroatoms. The normalized spacial score (nSPS) is 18.6. The largest absolute Gasteiger partial charge is 0.297 e. The van der Waals surface area contributed by atoms with Crippen LogP contribution in [0.4, 0.5) is 5.82 Å². The van der Waals surface area contributed by atoms with Gasteiger partial charge in [0.05, 0.1) is 4.88 Å². The molecule has 2 aromatic heterocycles. The Kier molecular flexibility index (Phi) is 5.85. The summed E-state index contributed by atoms with van der Waals surface area (Å²) in [5.74, 6) is 0.803. The zero-order valence-electron chi connectivity index (χ0n) is 17.7. The third-order valence-corrected chi connectivity index (χ3v) is 7.33. The fraction of sp³-hybridized carbons (Fsp3) is 0.360. The van der Waals surface area contributed by atoms with Gasteiger partial charge in [-0.2, -0.15) is 0 Å². The van der Waals surface area contributed by atoms with E-state index in [1.807, 2.05) is 40.6 Å². The highest BCUT2D eigenvalue weighted by Crippen LogP contribution is 2.43. The highest BCUT2D eigenvalue weighted by atomic mass is 32.1. The Morgan fingerprint density at radius 2 is 1.74 bits per heavy atom. The smallest absolute Gasteiger partial charge is 0.269 e. The van der Waals surface area contributed by atoms with Crippen LogP contribution in [-0.2, 0) is 6.54 Å². The van der Waals surface area contributed by atoms with Gasteiger partial charge < -0.3 is 0 Å². The Morgan fingerprint density at radius 1 is 0.968 bits per heavy atom. The number of amides is 1. The molecule has 3 heterocycles. The van der Waals surface area contributed by atoms with Gasteiger partial charge in [-0.1, -0.05) is 42.5 Å². The van der Waals surface area contributed by atoms with Gasteiger partial charge in [0, 0.05) is 51.0 Å². The molecule has 0 radical (unpaired) electrons. The number of hydrogen-bond donors (Lipinski definition) is 0. The van der Waals surface area contributed by atoms with Gasteiger partial charge in [-0.25, -0.2) is 4.98 Å². The molecule has 2 aliphatic rings. The van der Waals surface area contributed by atoms with E-state index >= 15 is 0 Å². The van der Waals surface area contributed by atoms with Crippen LogP contribution in [0, 0.1) is 0 Å². The summed E-state index contributed by atoms with van der Waals surface area (Å²) in [6, 6.07) is 20.4. The van der Waals surface area contributed by atoms with Crippen molar-refractivity contribution >= 4 is 23.1 Å². The molecule has 0 spiro atoms. The van der Waals surface area contributed by atoms with Crippen LogP contribution in [0.5, 0.6) is 0 Å². The average Bonchev–Trinajstić information content (AvgIpc) is 3.40. The average molecular weight is 433 g/mol. The Labute approximate surface area is 187 Å². The van der Waals surface area contributed by atoms with E-state index in [0.29, 0.717) is 6.54 Å². The first-order chi connectivity index (χ1) is 15.2. The van der Waals surface area contributed by atoms with Crippen LogP contribution in [0.3, 0.4) is 0 Å². The van der Waals surface area contributed by atoms with Crippen molar-refractivity contribution in [1.29, 1.82) is 0 Å². The van der Waals surface area contributed by atoms with Gasteiger partial charge in [0.25, 0.3) is 5.91 Å². The Morgan fingerprint density at radius 3 is 2.39 bits per heavy atom. The molecular formula is C25H28N4OS. The number of nitrogens with zero attached hydrogens (tertiary/aromatic N) is 4. The zero-order valence-corrected chi connectivity index (χ0v) is 18.5. The quantitative estimate of drug-likeness (QED) is 0.563. The predicted octanol–water partition coefficient (Wildman–Crippen LogP) is 4.14. The van der Waals surface area contributed by atoms with Gasteiger partial charge >= 0.3 is 0 Å². The van der Waals surface area contributed by atoms with E-state index in [2.05, 4.69) is 45.1 Å². The molecule has 0 atom stereocenters. The molecule has 5 nitrogen and oxygen atoms in total. The summed E-state index contributed by atoms with van der Waals surface area (Å²) >= 11 is 1.50. The second-order valence-corrected chi connectivity index (χ2v) is 9.48. The van der Waals surface area contributed by atoms with Crippen LogP contribution in [0.15, 0.2) is 72.2 Å². The van der Waals surface area contributed by atoms with Crippen molar-refractivity contribution in [3.05, 3.63) is 82.7 Å². The molecule has 31 heavy (non-hydrogen) atoms. The molecule has 0 unspecified atom stereocenters. The Hall–Kier alpha value is -2.54. The van der Waals surface area contributed by atoms with E-state index in [9.17, 15) is 4.79 Å². The summed E-state index contributed by atoms with van der Waals surface area (Å²) in [7, 11) is 0. The van der Waals surface area contributed by atoms with Gasteiger partial charge in [0.15, 0.2) is 0 Å². The number of benzene rings is 1. The second-order valence-electron chi connectivity index (χ2n) is 8.53. The number of hydrogen-bond acceptors (Lipinski definition) is 5. The minimum atomic E-state index is 0.0580. The van der Waals surface area contributed by atoms with Crippen molar-refractivity contribution in [1.82, 2.24) is 14.8 Å². The Balaban J connectivity index is 1.27. The summed E-state index contributed by atoms with van der Waals surface area (Å²) in [5, 5.41) is 1.96. The first kappa shape index (κ1) is 20.4. The van der Waals surface area contributed by atoms with Crippen LogP contribution in [0.25, 0.3) is 0 Å². The maximum atomic E-state index is 13.3. The molecule has 1 aromatic carbocycles. The van der Waals surface area contributed by atoms with E-state index in [1.54, 1.807) is 6.20 Å². The van der Waals surface area contributed by atoms with Crippen molar-refractivity contribution in [3.63, 3.8) is 0 Å². The monoisotopic (exact) mass is 432 g/mol. The minimum Gasteiger partial charge on any atom is -0.297 e. The van der Waals surface area contributed by atoms with Gasteiger partial charge in [0.2, 0.25) is 0 Å². The highest BCUT2D eigenvalue weighted by Gasteiger charge is 2.50. The lowest BCUT2D eigenvalue weighted by molar-refractivity contribution is 0.0791. The molecule has 3 aromatic rings. The fourth-order valence-electron chi connectivity index (χ4n) is 4.54. The number of thiophene rings is 1. The number of anilines is 1. The van der Waals surface area contributed by atoms with E-state index in [-0.39, 0.29) is 11.4 Å². The third kappa shape index (κ3) is 4.56. The number of carbonyl (C=O) groups excluding carboxylic acids is 1. The van der Waals surface area contributed by atoms with Crippen LogP contribution in [0.2, 0.25) is 0 Å². The maximum Gasteiger partial charge on any atom is 0.269 e. The van der Waals surface area contributed by atoms with Crippen LogP contribution in [0.1, 0.15) is 28.1 Å². The molecule has 0 bridgehead atoms. The first-order valence-electron chi connectivity index (χ1n) is 11.0. The van der Waals surface area contributed by atoms with Crippen LogP contribution in [-0.4, -0.2) is 59.0 Å². The van der Waals surface area contributed by atoms with Crippen LogP contribution >= 0.6 is 11.3 Å². The molecule has 1 saturated heterocycles. The summed E-state index contributed by atoms with van der Waals surface area (Å²) in [4.78, 5) is 25.7. The maximum absolute atomic E-state index is 13.3. The van der Waals surface area contributed by atoms with Crippen molar-refractivity contribution in [2.75, 3.05) is 37.6 Å². The predicted molar refractivity (Wildman–Crippen MR) is 125 cm³/mol. The number of pyridine rings is 1. The second kappa shape index (κ2) is 8.91. The number of rotatable bonds is 7. The molecule has 160 valence electrons. The fourth-order valence-corrected chi connectivity index (χ4v) is 5.21. The summed E-state index contributed by atoms with van der Waals surface area (Å²) < 4.78 is 0. The number of piperazine rings is 1. The van der Waals surface area contributed by atoms with Crippen molar-refractivity contribution in [3.8, 4) is 0 Å². The van der Waals surface area contributed by atoms with E-state index in [4.69, 9.17) is 0 Å². The van der Waals surface area contributed by atoms with E-state index < -0.39 is 0 Å². The van der Waals surface area contributed by atoms with Gasteiger partial charge in [-0.05, 0) is 42.0 Å². The Bertz CT molecular complexity index is 981. The molecule has 1 amide bonds. The summed E-state index contributed by atoms with van der Waals surface area (Å²) in [6.07, 6.45) is 4.06. The zero-order chi connectivity index (χ0) is 21.1. The molecule has 0 N–H and O–H groups in total. The highest BCUT2D eigenvalue weighted by molar-refractivity contribution is 7.12. The number of carbonyl (C=O) groups is 1. The minimum absolute atomic E-state index is 0.0580. The van der Waals surface area contributed by atoms with Crippen LogP contribution < -0.4 is 4.90 Å². The number of aromatic nitrogens is 1. The van der Waals surface area contributed by atoms with E-state index in [0.717, 1.165) is 56.3 Å². The molecule has 1 aliphatic heterocycles. The molecule has 2 fully saturated rings. The standard InChI is InChI=1S/C25H28N4OS/c30-24(22-9-6-18-31-22)29(23-10-4-5-13-26-23)20-25(11-12-25)28-16-14-27(15-17-28)19-21-7-2-1-3-8-21/h1-10,13,18H,11-12,14-17,19-20H2. The summed E-state index contributed by atoms with van der Waals surface area (Å²) in [5.41, 5.74) is 1.46. The SMILES string of the molecule is O=C(c1cccs1)N(CC1(N2CCN(Cc3ccccc3)CC2)CC1)c1ccccn1. The van der Waals surface area contributed by atoms with Gasteiger partial charge in [0.1, 0.15) is 5.82 Å². The molecule has 5 rings (SSSR count). The van der Waals surface area contributed by atoms with Crippen molar-refractivity contribution in [2.24, 2.45) is 0 Å². The first-order valence-corrected chi connectivity index (χ1v) is 11.9. The molecule has 1 aliphatic carbocycles. The third-order valence-electron chi connectivity index (χ3n) is 6.47.